The molecule has 0 saturated heterocycles. The van der Waals surface area contributed by atoms with E-state index in [1.807, 2.05) is 6.92 Å². The largest absolute Gasteiger partial charge is 0.495 e. The molecule has 3 rings (SSSR count). The second-order valence-corrected chi connectivity index (χ2v) is 6.07. The van der Waals surface area contributed by atoms with Crippen LogP contribution < -0.4 is 15.4 Å². The van der Waals surface area contributed by atoms with Crippen molar-refractivity contribution in [2.45, 2.75) is 6.92 Å². The number of carbonyl (C=O) groups is 1. The van der Waals surface area contributed by atoms with Crippen molar-refractivity contribution < 1.29 is 13.9 Å². The molecule has 6 nitrogen and oxygen atoms in total. The molecule has 0 fully saturated rings. The number of hydrogen-bond donors (Lipinski definition) is 2. The topological polar surface area (TPSA) is 76.1 Å². The standard InChI is InChI=1S/C19H16ClFN4O2/c1-11-9-16(17(27-2)10-12(11)20)23-19(26)15-7-8-18(25-24-15)22-14-6-4-3-5-13(14)21/h3-10H,1-2H3,(H,22,25)(H,23,26). The lowest BCUT2D eigenvalue weighted by molar-refractivity contribution is 0.102. The summed E-state index contributed by atoms with van der Waals surface area (Å²) in [6, 6.07) is 12.6. The molecule has 0 bridgehead atoms. The van der Waals surface area contributed by atoms with E-state index in [-0.39, 0.29) is 11.4 Å². The molecule has 8 heteroatoms. The van der Waals surface area contributed by atoms with Gasteiger partial charge in [-0.3, -0.25) is 4.79 Å². The minimum atomic E-state index is -0.458. The van der Waals surface area contributed by atoms with Gasteiger partial charge in [0.25, 0.3) is 5.91 Å². The zero-order valence-corrected chi connectivity index (χ0v) is 15.3. The summed E-state index contributed by atoms with van der Waals surface area (Å²) >= 11 is 6.06. The lowest BCUT2D eigenvalue weighted by Gasteiger charge is -2.12. The Kier molecular flexibility index (Phi) is 5.52. The molecule has 1 aromatic heterocycles. The van der Waals surface area contributed by atoms with Crippen molar-refractivity contribution in [2.75, 3.05) is 17.7 Å². The second-order valence-electron chi connectivity index (χ2n) is 5.66. The van der Waals surface area contributed by atoms with Gasteiger partial charge in [-0.25, -0.2) is 4.39 Å². The fourth-order valence-electron chi connectivity index (χ4n) is 2.34. The zero-order valence-electron chi connectivity index (χ0n) is 14.6. The van der Waals surface area contributed by atoms with Gasteiger partial charge in [0.15, 0.2) is 11.5 Å². The van der Waals surface area contributed by atoms with Gasteiger partial charge in [0.1, 0.15) is 11.6 Å². The molecular formula is C19H16ClFN4O2. The van der Waals surface area contributed by atoms with Gasteiger partial charge >= 0.3 is 0 Å². The minimum absolute atomic E-state index is 0.101. The molecule has 2 N–H and O–H groups in total. The number of aryl methyl sites for hydroxylation is 1. The normalized spacial score (nSPS) is 10.4. The molecule has 0 spiro atoms. The Morgan fingerprint density at radius 3 is 2.56 bits per heavy atom. The average Bonchev–Trinajstić information content (AvgIpc) is 2.67. The van der Waals surface area contributed by atoms with Crippen molar-refractivity contribution >= 4 is 34.7 Å². The van der Waals surface area contributed by atoms with Crippen molar-refractivity contribution in [1.82, 2.24) is 10.2 Å². The van der Waals surface area contributed by atoms with Crippen LogP contribution in [0.5, 0.6) is 5.75 Å². The highest BCUT2D eigenvalue weighted by Gasteiger charge is 2.14. The number of nitrogens with zero attached hydrogens (tertiary/aromatic N) is 2. The Morgan fingerprint density at radius 2 is 1.89 bits per heavy atom. The predicted octanol–water partition coefficient (Wildman–Crippen LogP) is 4.58. The third-order valence-electron chi connectivity index (χ3n) is 3.76. The number of rotatable bonds is 5. The highest BCUT2D eigenvalue weighted by molar-refractivity contribution is 6.31. The van der Waals surface area contributed by atoms with Crippen LogP contribution in [-0.2, 0) is 0 Å². The maximum absolute atomic E-state index is 13.7. The molecular weight excluding hydrogens is 371 g/mol. The molecule has 0 aliphatic carbocycles. The molecule has 0 saturated carbocycles. The van der Waals surface area contributed by atoms with Crippen molar-refractivity contribution in [3.8, 4) is 5.75 Å². The number of halogens is 2. The van der Waals surface area contributed by atoms with E-state index in [2.05, 4.69) is 20.8 Å². The van der Waals surface area contributed by atoms with Gasteiger partial charge in [0.2, 0.25) is 0 Å². The first kappa shape index (κ1) is 18.6. The first-order valence-electron chi connectivity index (χ1n) is 7.98. The summed E-state index contributed by atoms with van der Waals surface area (Å²) in [5, 5.41) is 13.9. The van der Waals surface area contributed by atoms with Crippen molar-refractivity contribution in [3.63, 3.8) is 0 Å². The van der Waals surface area contributed by atoms with Crippen LogP contribution >= 0.6 is 11.6 Å². The SMILES string of the molecule is COc1cc(Cl)c(C)cc1NC(=O)c1ccc(Nc2ccccc2F)nn1. The molecule has 138 valence electrons. The first-order valence-corrected chi connectivity index (χ1v) is 8.36. The Morgan fingerprint density at radius 1 is 1.11 bits per heavy atom. The van der Waals surface area contributed by atoms with Crippen LogP contribution in [0.1, 0.15) is 16.1 Å². The van der Waals surface area contributed by atoms with Gasteiger partial charge in [-0.1, -0.05) is 23.7 Å². The number of ether oxygens (including phenoxy) is 1. The molecule has 2 aromatic carbocycles. The van der Waals surface area contributed by atoms with Gasteiger partial charge in [0.05, 0.1) is 18.5 Å². The number of aromatic nitrogens is 2. The number of para-hydroxylation sites is 1. The van der Waals surface area contributed by atoms with Crippen LogP contribution in [0.4, 0.5) is 21.6 Å². The predicted molar refractivity (Wildman–Crippen MR) is 102 cm³/mol. The lowest BCUT2D eigenvalue weighted by Crippen LogP contribution is -2.15. The smallest absolute Gasteiger partial charge is 0.276 e. The summed E-state index contributed by atoms with van der Waals surface area (Å²) in [5.74, 6) is -0.118. The van der Waals surface area contributed by atoms with Crippen LogP contribution in [-0.4, -0.2) is 23.2 Å². The van der Waals surface area contributed by atoms with Gasteiger partial charge in [0, 0.05) is 11.1 Å². The van der Waals surface area contributed by atoms with Crippen molar-refractivity contribution in [3.05, 3.63) is 70.6 Å². The van der Waals surface area contributed by atoms with E-state index in [9.17, 15) is 9.18 Å². The fourth-order valence-corrected chi connectivity index (χ4v) is 2.49. The van der Waals surface area contributed by atoms with Gasteiger partial charge in [-0.05, 0) is 42.8 Å². The van der Waals surface area contributed by atoms with E-state index in [1.54, 1.807) is 36.4 Å². The minimum Gasteiger partial charge on any atom is -0.495 e. The third kappa shape index (κ3) is 4.32. The molecule has 27 heavy (non-hydrogen) atoms. The molecule has 1 heterocycles. The van der Waals surface area contributed by atoms with Gasteiger partial charge in [-0.15, -0.1) is 10.2 Å². The van der Waals surface area contributed by atoms with Crippen molar-refractivity contribution in [2.24, 2.45) is 0 Å². The Labute approximate surface area is 160 Å². The highest BCUT2D eigenvalue weighted by Crippen LogP contribution is 2.31. The van der Waals surface area contributed by atoms with Crippen LogP contribution in [0.2, 0.25) is 5.02 Å². The summed E-state index contributed by atoms with van der Waals surface area (Å²) in [7, 11) is 1.49. The summed E-state index contributed by atoms with van der Waals surface area (Å²) in [5.41, 5.74) is 1.64. The first-order chi connectivity index (χ1) is 13.0. The molecule has 1 amide bonds. The number of hydrogen-bond acceptors (Lipinski definition) is 5. The number of amides is 1. The summed E-state index contributed by atoms with van der Waals surface area (Å²) < 4.78 is 18.9. The zero-order chi connectivity index (χ0) is 19.4. The molecule has 0 atom stereocenters. The fraction of sp³-hybridized carbons (Fsp3) is 0.105. The molecule has 0 radical (unpaired) electrons. The maximum atomic E-state index is 13.7. The van der Waals surface area contributed by atoms with E-state index in [0.717, 1.165) is 5.56 Å². The summed E-state index contributed by atoms with van der Waals surface area (Å²) in [6.07, 6.45) is 0. The Bertz CT molecular complexity index is 980. The van der Waals surface area contributed by atoms with E-state index in [1.165, 1.54) is 19.2 Å². The van der Waals surface area contributed by atoms with E-state index < -0.39 is 11.7 Å². The lowest BCUT2D eigenvalue weighted by atomic mass is 10.2. The molecule has 0 unspecified atom stereocenters. The number of carbonyl (C=O) groups excluding carboxylic acids is 1. The van der Waals surface area contributed by atoms with E-state index in [4.69, 9.17) is 16.3 Å². The van der Waals surface area contributed by atoms with Gasteiger partial charge < -0.3 is 15.4 Å². The third-order valence-corrected chi connectivity index (χ3v) is 4.17. The van der Waals surface area contributed by atoms with Crippen molar-refractivity contribution in [1.29, 1.82) is 0 Å². The summed E-state index contributed by atoms with van der Waals surface area (Å²) in [6.45, 7) is 1.82. The number of anilines is 3. The molecule has 3 aromatic rings. The molecule has 0 aliphatic heterocycles. The number of methoxy groups -OCH3 is 1. The monoisotopic (exact) mass is 386 g/mol. The van der Waals surface area contributed by atoms with Crippen LogP contribution in [0, 0.1) is 12.7 Å². The number of benzene rings is 2. The Balaban J connectivity index is 1.75. The quantitative estimate of drug-likeness (QED) is 0.671. The van der Waals surface area contributed by atoms with Gasteiger partial charge in [-0.2, -0.15) is 0 Å². The second kappa shape index (κ2) is 8.01. The van der Waals surface area contributed by atoms with Crippen LogP contribution in [0.3, 0.4) is 0 Å². The van der Waals surface area contributed by atoms with E-state index in [0.29, 0.717) is 22.3 Å². The van der Waals surface area contributed by atoms with Crippen LogP contribution in [0.15, 0.2) is 48.5 Å². The Hall–Kier alpha value is -3.19. The average molecular weight is 387 g/mol. The molecule has 0 aliphatic rings. The maximum Gasteiger partial charge on any atom is 0.276 e. The van der Waals surface area contributed by atoms with E-state index >= 15 is 0 Å². The number of nitrogens with one attached hydrogen (secondary N) is 2. The summed E-state index contributed by atoms with van der Waals surface area (Å²) in [4.78, 5) is 12.4. The van der Waals surface area contributed by atoms with Crippen LogP contribution in [0.25, 0.3) is 0 Å². The highest BCUT2D eigenvalue weighted by atomic mass is 35.5.